The fraction of sp³-hybridized carbons (Fsp3) is 0.905. The van der Waals surface area contributed by atoms with E-state index in [-0.39, 0.29) is 23.0 Å². The summed E-state index contributed by atoms with van der Waals surface area (Å²) in [7, 11) is 1.77. The number of methoxy groups -OCH3 is 1. The van der Waals surface area contributed by atoms with Gasteiger partial charge in [0.2, 0.25) is 0 Å². The fourth-order valence-corrected chi connectivity index (χ4v) is 8.24. The normalized spacial score (nSPS) is 60.1. The highest BCUT2D eigenvalue weighted by Gasteiger charge is 2.74. The average molecular weight is 348 g/mol. The van der Waals surface area contributed by atoms with Gasteiger partial charge in [0.05, 0.1) is 18.8 Å². The molecule has 6 rings (SSSR count). The van der Waals surface area contributed by atoms with Crippen LogP contribution >= 0.6 is 0 Å². The highest BCUT2D eigenvalue weighted by Crippen LogP contribution is 2.74. The van der Waals surface area contributed by atoms with E-state index in [1.165, 1.54) is 12.8 Å². The lowest BCUT2D eigenvalue weighted by Gasteiger charge is -2.73. The van der Waals surface area contributed by atoms with Crippen LogP contribution in [0.2, 0.25) is 0 Å². The summed E-state index contributed by atoms with van der Waals surface area (Å²) in [5, 5.41) is 22.5. The molecule has 1 heterocycles. The minimum Gasteiger partial charge on any atom is -0.392 e. The number of rotatable bonds is 1. The molecule has 0 amide bonds. The highest BCUT2D eigenvalue weighted by atomic mass is 16.7. The van der Waals surface area contributed by atoms with Crippen LogP contribution in [0.25, 0.3) is 0 Å². The van der Waals surface area contributed by atoms with E-state index in [0.717, 1.165) is 44.3 Å². The Balaban J connectivity index is 1.69. The Morgan fingerprint density at radius 2 is 1.92 bits per heavy atom. The van der Waals surface area contributed by atoms with Gasteiger partial charge in [-0.05, 0) is 67.3 Å². The van der Waals surface area contributed by atoms with Crippen LogP contribution in [0, 0.1) is 34.0 Å². The molecular weight excluding hydrogens is 316 g/mol. The summed E-state index contributed by atoms with van der Waals surface area (Å²) in [5.74, 6) is 1.06. The van der Waals surface area contributed by atoms with E-state index in [2.05, 4.69) is 13.5 Å². The molecule has 0 aromatic carbocycles. The third-order valence-electron chi connectivity index (χ3n) is 9.27. The number of aliphatic hydroxyl groups excluding tert-OH is 2. The monoisotopic (exact) mass is 348 g/mol. The van der Waals surface area contributed by atoms with Crippen molar-refractivity contribution in [1.29, 1.82) is 0 Å². The van der Waals surface area contributed by atoms with E-state index in [9.17, 15) is 10.2 Å². The summed E-state index contributed by atoms with van der Waals surface area (Å²) < 4.78 is 12.2. The van der Waals surface area contributed by atoms with Crippen LogP contribution in [0.5, 0.6) is 0 Å². The molecule has 0 aromatic rings. The smallest absolute Gasteiger partial charge is 0.163 e. The van der Waals surface area contributed by atoms with Crippen molar-refractivity contribution in [3.8, 4) is 0 Å². The number of hydrogen-bond acceptors (Lipinski definition) is 4. The first-order chi connectivity index (χ1) is 11.9. The van der Waals surface area contributed by atoms with Crippen LogP contribution < -0.4 is 0 Å². The molecule has 5 aliphatic carbocycles. The number of ether oxygens (including phenoxy) is 2. The first-order valence-electron chi connectivity index (χ1n) is 10.1. The zero-order chi connectivity index (χ0) is 17.6. The predicted molar refractivity (Wildman–Crippen MR) is 93.7 cm³/mol. The van der Waals surface area contributed by atoms with Gasteiger partial charge < -0.3 is 19.7 Å². The Hall–Kier alpha value is -0.420. The van der Waals surface area contributed by atoms with E-state index in [1.807, 2.05) is 0 Å². The van der Waals surface area contributed by atoms with E-state index in [4.69, 9.17) is 9.47 Å². The largest absolute Gasteiger partial charge is 0.392 e. The molecule has 9 atom stereocenters. The van der Waals surface area contributed by atoms with Crippen LogP contribution in [0.3, 0.4) is 0 Å². The maximum atomic E-state index is 11.3. The lowest BCUT2D eigenvalue weighted by atomic mass is 9.34. The standard InChI is InChI=1S/C21H32O4/c1-12-13-5-8-21(17(12)23)15(9-13)20-7-4-6-19(2,11-25-18(20)24-3)14(20)10-16(21)22/h13-18,22-23H,1,4-11H2,2-3H3/t13-,14?,15?,16+,17-,18+,19-,20-,21+/m0/s1. The minimum atomic E-state index is -0.581. The van der Waals surface area contributed by atoms with Crippen molar-refractivity contribution in [1.82, 2.24) is 0 Å². The Kier molecular flexibility index (Phi) is 3.41. The highest BCUT2D eigenvalue weighted by molar-refractivity contribution is 5.29. The van der Waals surface area contributed by atoms with Crippen molar-refractivity contribution in [2.24, 2.45) is 34.0 Å². The molecule has 140 valence electrons. The van der Waals surface area contributed by atoms with Crippen molar-refractivity contribution in [3.63, 3.8) is 0 Å². The Bertz CT molecular complexity index is 605. The zero-order valence-electron chi connectivity index (χ0n) is 15.5. The van der Waals surface area contributed by atoms with E-state index in [0.29, 0.717) is 11.8 Å². The molecule has 2 unspecified atom stereocenters. The summed E-state index contributed by atoms with van der Waals surface area (Å²) in [6.07, 6.45) is 5.98. The first kappa shape index (κ1) is 16.7. The van der Waals surface area contributed by atoms with Crippen LogP contribution in [0.15, 0.2) is 12.2 Å². The first-order valence-corrected chi connectivity index (χ1v) is 10.1. The zero-order valence-corrected chi connectivity index (χ0v) is 15.5. The van der Waals surface area contributed by atoms with Gasteiger partial charge in [-0.25, -0.2) is 0 Å². The van der Waals surface area contributed by atoms with Crippen molar-refractivity contribution in [2.75, 3.05) is 13.7 Å². The molecule has 0 aromatic heterocycles. The van der Waals surface area contributed by atoms with E-state index < -0.39 is 17.6 Å². The third-order valence-corrected chi connectivity index (χ3v) is 9.27. The second-order valence-electron chi connectivity index (χ2n) is 9.92. The molecule has 1 spiro atoms. The number of fused-ring (bicyclic) bond motifs is 2. The van der Waals surface area contributed by atoms with Gasteiger partial charge in [0, 0.05) is 17.9 Å². The second-order valence-corrected chi connectivity index (χ2v) is 9.92. The Morgan fingerprint density at radius 3 is 2.68 bits per heavy atom. The molecule has 4 bridgehead atoms. The molecule has 2 N–H and O–H groups in total. The Morgan fingerprint density at radius 1 is 1.12 bits per heavy atom. The van der Waals surface area contributed by atoms with Gasteiger partial charge >= 0.3 is 0 Å². The fourth-order valence-electron chi connectivity index (χ4n) is 8.24. The Labute approximate surface area is 150 Å². The molecule has 6 aliphatic rings. The topological polar surface area (TPSA) is 58.9 Å². The van der Waals surface area contributed by atoms with Gasteiger partial charge in [0.1, 0.15) is 0 Å². The predicted octanol–water partition coefficient (Wildman–Crippen LogP) is 2.88. The van der Waals surface area contributed by atoms with Gasteiger partial charge in [-0.3, -0.25) is 0 Å². The summed E-state index contributed by atoms with van der Waals surface area (Å²) in [6.45, 7) is 7.28. The van der Waals surface area contributed by atoms with Crippen LogP contribution in [-0.4, -0.2) is 42.4 Å². The molecule has 1 saturated heterocycles. The SMILES string of the molecule is C=C1[C@H]2CC[C@]3(C(C2)[C@@]24CCC[C@@](C)(CO[C@H]2OC)C4C[C@H]3O)[C@H]1O. The number of aliphatic hydroxyl groups is 2. The molecule has 25 heavy (non-hydrogen) atoms. The average Bonchev–Trinajstić information content (AvgIpc) is 2.60. The van der Waals surface area contributed by atoms with Crippen molar-refractivity contribution >= 4 is 0 Å². The van der Waals surface area contributed by atoms with Crippen molar-refractivity contribution in [2.45, 2.75) is 70.4 Å². The lowest BCUT2D eigenvalue weighted by molar-refractivity contribution is -0.362. The quantitative estimate of drug-likeness (QED) is 0.716. The molecule has 4 nitrogen and oxygen atoms in total. The molecule has 6 fully saturated rings. The molecule has 4 heteroatoms. The maximum Gasteiger partial charge on any atom is 0.163 e. The second kappa shape index (κ2) is 5.09. The molecule has 5 saturated carbocycles. The third kappa shape index (κ3) is 1.73. The minimum absolute atomic E-state index is 0.0699. The lowest BCUT2D eigenvalue weighted by Crippen LogP contribution is -2.74. The van der Waals surface area contributed by atoms with Crippen LogP contribution in [0.1, 0.15) is 51.9 Å². The van der Waals surface area contributed by atoms with Gasteiger partial charge in [-0.1, -0.05) is 19.9 Å². The molecule has 1 aliphatic heterocycles. The van der Waals surface area contributed by atoms with Crippen LogP contribution in [0.4, 0.5) is 0 Å². The van der Waals surface area contributed by atoms with Crippen LogP contribution in [-0.2, 0) is 9.47 Å². The van der Waals surface area contributed by atoms with Crippen molar-refractivity contribution in [3.05, 3.63) is 12.2 Å². The van der Waals surface area contributed by atoms with E-state index in [1.54, 1.807) is 7.11 Å². The molecule has 0 radical (unpaired) electrons. The summed E-state index contributed by atoms with van der Waals surface area (Å²) in [6, 6.07) is 0. The van der Waals surface area contributed by atoms with Crippen molar-refractivity contribution < 1.29 is 19.7 Å². The van der Waals surface area contributed by atoms with Gasteiger partial charge in [-0.15, -0.1) is 0 Å². The maximum absolute atomic E-state index is 11.3. The number of hydrogen-bond donors (Lipinski definition) is 2. The van der Waals surface area contributed by atoms with Gasteiger partial charge in [0.15, 0.2) is 6.29 Å². The summed E-state index contributed by atoms with van der Waals surface area (Å²) in [5.41, 5.74) is 0.562. The molecular formula is C21H32O4. The van der Waals surface area contributed by atoms with Gasteiger partial charge in [0.25, 0.3) is 0 Å². The van der Waals surface area contributed by atoms with Gasteiger partial charge in [-0.2, -0.15) is 0 Å². The summed E-state index contributed by atoms with van der Waals surface area (Å²) >= 11 is 0. The van der Waals surface area contributed by atoms with E-state index >= 15 is 0 Å². The summed E-state index contributed by atoms with van der Waals surface area (Å²) in [4.78, 5) is 0.